The molecule has 1 aromatic carbocycles. The molecule has 3 N–H and O–H groups in total. The second-order valence-electron chi connectivity index (χ2n) is 5.64. The Hall–Kier alpha value is -1.47. The number of carbonyl (C=O) groups excluding carboxylic acids is 1. The fraction of sp³-hybridized carbons (Fsp3) is 0.462. The first-order valence-corrected chi connectivity index (χ1v) is 7.81. The van der Waals surface area contributed by atoms with Gasteiger partial charge in [0.05, 0.1) is 10.5 Å². The summed E-state index contributed by atoms with van der Waals surface area (Å²) in [5, 5.41) is 7.68. The lowest BCUT2D eigenvalue weighted by atomic mass is 9.98. The van der Waals surface area contributed by atoms with E-state index in [0.29, 0.717) is 5.92 Å². The second kappa shape index (κ2) is 4.82. The van der Waals surface area contributed by atoms with Gasteiger partial charge in [-0.2, -0.15) is 0 Å². The lowest BCUT2D eigenvalue weighted by Gasteiger charge is -2.26. The monoisotopic (exact) mass is 300 g/mol. The highest BCUT2D eigenvalue weighted by Gasteiger charge is 2.39. The average Bonchev–Trinajstić information content (AvgIpc) is 3.10. The molecule has 0 heterocycles. The molecule has 1 aromatic rings. The number of sulfonamides is 1. The minimum Gasteiger partial charge on any atom is -0.347 e. The van der Waals surface area contributed by atoms with E-state index in [1.165, 1.54) is 0 Å². The van der Waals surface area contributed by atoms with Gasteiger partial charge in [-0.25, -0.2) is 17.9 Å². The van der Waals surface area contributed by atoms with Crippen LogP contribution in [0, 0.1) is 11.7 Å². The van der Waals surface area contributed by atoms with Crippen LogP contribution in [0.5, 0.6) is 0 Å². The number of hydrogen-bond acceptors (Lipinski definition) is 3. The van der Waals surface area contributed by atoms with Gasteiger partial charge in [-0.1, -0.05) is 0 Å². The Bertz CT molecular complexity index is 652. The molecule has 7 heteroatoms. The standard InChI is InChI=1S/C13H17FN2O3S/c1-13(2,8-3-4-8)16-12(17)10-6-5-9(7-11(10)14)20(15,18)19/h5-8H,3-4H2,1-2H3,(H,16,17)(H2,15,18,19). The van der Waals surface area contributed by atoms with Crippen molar-refractivity contribution in [1.29, 1.82) is 0 Å². The van der Waals surface area contributed by atoms with Gasteiger partial charge in [0.1, 0.15) is 5.82 Å². The van der Waals surface area contributed by atoms with E-state index in [2.05, 4.69) is 5.32 Å². The van der Waals surface area contributed by atoms with E-state index in [1.54, 1.807) is 0 Å². The molecule has 1 fully saturated rings. The Morgan fingerprint density at radius 1 is 1.40 bits per heavy atom. The van der Waals surface area contributed by atoms with Crippen molar-refractivity contribution in [1.82, 2.24) is 5.32 Å². The largest absolute Gasteiger partial charge is 0.347 e. The third-order valence-electron chi connectivity index (χ3n) is 3.55. The Labute approximate surface area is 117 Å². The minimum atomic E-state index is -3.98. The van der Waals surface area contributed by atoms with E-state index in [-0.39, 0.29) is 10.5 Å². The maximum atomic E-state index is 13.8. The first kappa shape index (κ1) is 14.9. The Morgan fingerprint density at radius 2 is 2.00 bits per heavy atom. The first-order chi connectivity index (χ1) is 9.11. The number of primary sulfonamides is 1. The molecule has 0 aromatic heterocycles. The molecule has 0 unspecified atom stereocenters. The van der Waals surface area contributed by atoms with Gasteiger partial charge in [-0.05, 0) is 50.8 Å². The fourth-order valence-electron chi connectivity index (χ4n) is 2.12. The van der Waals surface area contributed by atoms with Gasteiger partial charge >= 0.3 is 0 Å². The molecule has 2 rings (SSSR count). The van der Waals surface area contributed by atoms with Crippen LogP contribution >= 0.6 is 0 Å². The van der Waals surface area contributed by atoms with Crippen LogP contribution in [-0.4, -0.2) is 19.9 Å². The minimum absolute atomic E-state index is 0.189. The van der Waals surface area contributed by atoms with Crippen molar-refractivity contribution in [2.75, 3.05) is 0 Å². The van der Waals surface area contributed by atoms with Crippen LogP contribution in [0.4, 0.5) is 4.39 Å². The van der Waals surface area contributed by atoms with E-state index >= 15 is 0 Å². The summed E-state index contributed by atoms with van der Waals surface area (Å²) >= 11 is 0. The Balaban J connectivity index is 2.23. The molecule has 0 saturated heterocycles. The van der Waals surface area contributed by atoms with Crippen molar-refractivity contribution >= 4 is 15.9 Å². The number of amides is 1. The fourth-order valence-corrected chi connectivity index (χ4v) is 2.65. The van der Waals surface area contributed by atoms with Gasteiger partial charge in [0.2, 0.25) is 10.0 Å². The molecule has 0 radical (unpaired) electrons. The third-order valence-corrected chi connectivity index (χ3v) is 4.46. The van der Waals surface area contributed by atoms with Crippen LogP contribution < -0.4 is 10.5 Å². The molecule has 0 spiro atoms. The Morgan fingerprint density at radius 3 is 2.45 bits per heavy atom. The molecule has 110 valence electrons. The molecule has 0 bridgehead atoms. The zero-order chi connectivity index (χ0) is 15.1. The van der Waals surface area contributed by atoms with Gasteiger partial charge in [-0.15, -0.1) is 0 Å². The average molecular weight is 300 g/mol. The molecule has 1 aliphatic carbocycles. The van der Waals surface area contributed by atoms with Crippen molar-refractivity contribution in [2.24, 2.45) is 11.1 Å². The van der Waals surface area contributed by atoms with Gasteiger partial charge < -0.3 is 5.32 Å². The summed E-state index contributed by atoms with van der Waals surface area (Å²) in [5.41, 5.74) is -0.589. The lowest BCUT2D eigenvalue weighted by Crippen LogP contribution is -2.45. The maximum absolute atomic E-state index is 13.8. The zero-order valence-electron chi connectivity index (χ0n) is 11.3. The van der Waals surface area contributed by atoms with Crippen LogP contribution in [0.2, 0.25) is 0 Å². The summed E-state index contributed by atoms with van der Waals surface area (Å²) in [6.45, 7) is 3.78. The molecule has 1 amide bonds. The highest BCUT2D eigenvalue weighted by Crippen LogP contribution is 2.39. The highest BCUT2D eigenvalue weighted by atomic mass is 32.2. The smallest absolute Gasteiger partial charge is 0.254 e. The molecule has 0 aliphatic heterocycles. The van der Waals surface area contributed by atoms with Crippen molar-refractivity contribution < 1.29 is 17.6 Å². The first-order valence-electron chi connectivity index (χ1n) is 6.26. The summed E-state index contributed by atoms with van der Waals surface area (Å²) < 4.78 is 36.0. The number of benzene rings is 1. The van der Waals surface area contributed by atoms with E-state index < -0.39 is 27.3 Å². The summed E-state index contributed by atoms with van der Waals surface area (Å²) in [7, 11) is -3.98. The van der Waals surface area contributed by atoms with E-state index in [9.17, 15) is 17.6 Å². The normalized spacial score (nSPS) is 16.0. The number of halogens is 1. The summed E-state index contributed by atoms with van der Waals surface area (Å²) in [5.74, 6) is -1.06. The number of nitrogens with two attached hydrogens (primary N) is 1. The van der Waals surface area contributed by atoms with Gasteiger partial charge in [0.15, 0.2) is 0 Å². The van der Waals surface area contributed by atoms with Gasteiger partial charge in [0.25, 0.3) is 5.91 Å². The van der Waals surface area contributed by atoms with E-state index in [0.717, 1.165) is 31.0 Å². The molecule has 1 aliphatic rings. The SMILES string of the molecule is CC(C)(NC(=O)c1ccc(S(N)(=O)=O)cc1F)C1CC1. The predicted molar refractivity (Wildman–Crippen MR) is 72.0 cm³/mol. The number of rotatable bonds is 4. The molecule has 20 heavy (non-hydrogen) atoms. The molecular weight excluding hydrogens is 283 g/mol. The quantitative estimate of drug-likeness (QED) is 0.880. The molecule has 0 atom stereocenters. The number of nitrogens with one attached hydrogen (secondary N) is 1. The third kappa shape index (κ3) is 3.16. The number of carbonyl (C=O) groups is 1. The summed E-state index contributed by atoms with van der Waals surface area (Å²) in [6.07, 6.45) is 2.08. The van der Waals surface area contributed by atoms with E-state index in [1.807, 2.05) is 13.8 Å². The molecular formula is C13H17FN2O3S. The van der Waals surface area contributed by atoms with Crippen LogP contribution in [0.1, 0.15) is 37.0 Å². The van der Waals surface area contributed by atoms with Crippen molar-refractivity contribution in [3.63, 3.8) is 0 Å². The van der Waals surface area contributed by atoms with Crippen molar-refractivity contribution in [2.45, 2.75) is 37.1 Å². The van der Waals surface area contributed by atoms with Crippen molar-refractivity contribution in [3.05, 3.63) is 29.6 Å². The lowest BCUT2D eigenvalue weighted by molar-refractivity contribution is 0.0899. The van der Waals surface area contributed by atoms with Gasteiger partial charge in [-0.3, -0.25) is 4.79 Å². The topological polar surface area (TPSA) is 89.3 Å². The van der Waals surface area contributed by atoms with E-state index in [4.69, 9.17) is 5.14 Å². The van der Waals surface area contributed by atoms with Crippen LogP contribution in [0.25, 0.3) is 0 Å². The molecule has 5 nitrogen and oxygen atoms in total. The summed E-state index contributed by atoms with van der Waals surface area (Å²) in [6, 6.07) is 3.01. The number of hydrogen-bond donors (Lipinski definition) is 2. The molecule has 1 saturated carbocycles. The second-order valence-corrected chi connectivity index (χ2v) is 7.20. The van der Waals surface area contributed by atoms with Crippen molar-refractivity contribution in [3.8, 4) is 0 Å². The predicted octanol–water partition coefficient (Wildman–Crippen LogP) is 1.39. The van der Waals surface area contributed by atoms with Crippen LogP contribution in [-0.2, 0) is 10.0 Å². The Kier molecular flexibility index (Phi) is 3.60. The van der Waals surface area contributed by atoms with Crippen LogP contribution in [0.3, 0.4) is 0 Å². The zero-order valence-corrected chi connectivity index (χ0v) is 12.1. The maximum Gasteiger partial charge on any atom is 0.254 e. The van der Waals surface area contributed by atoms with Gasteiger partial charge in [0, 0.05) is 5.54 Å². The van der Waals surface area contributed by atoms with Crippen LogP contribution in [0.15, 0.2) is 23.1 Å². The highest BCUT2D eigenvalue weighted by molar-refractivity contribution is 7.89. The summed E-state index contributed by atoms with van der Waals surface area (Å²) in [4.78, 5) is 11.7.